The first-order chi connectivity index (χ1) is 3.84. The predicted octanol–water partition coefficient (Wildman–Crippen LogP) is 1.75. The maximum absolute atomic E-state index is 2.44. The first-order valence-corrected chi connectivity index (χ1v) is 4.33. The largest absolute Gasteiger partial charge is 0.248 e. The number of hydrogen-bond acceptors (Lipinski definition) is 2. The molecule has 0 aliphatic carbocycles. The van der Waals surface area contributed by atoms with Crippen molar-refractivity contribution in [1.29, 1.82) is 0 Å². The Morgan fingerprint density at radius 2 is 2.38 bits per heavy atom. The van der Waals surface area contributed by atoms with Crippen LogP contribution in [0.15, 0.2) is 0 Å². The van der Waals surface area contributed by atoms with E-state index in [0.717, 1.165) is 6.04 Å². The van der Waals surface area contributed by atoms with Gasteiger partial charge in [0.2, 0.25) is 0 Å². The van der Waals surface area contributed by atoms with Gasteiger partial charge in [0.25, 0.3) is 0 Å². The highest BCUT2D eigenvalue weighted by atomic mass is 32.2. The van der Waals surface area contributed by atoms with Crippen molar-refractivity contribution in [2.45, 2.75) is 25.8 Å². The summed E-state index contributed by atoms with van der Waals surface area (Å²) in [5, 5.41) is 0. The molecule has 0 aromatic heterocycles. The van der Waals surface area contributed by atoms with Crippen LogP contribution >= 0.6 is 11.9 Å². The summed E-state index contributed by atoms with van der Waals surface area (Å²) >= 11 is 1.87. The van der Waals surface area contributed by atoms with Crippen molar-refractivity contribution in [2.75, 3.05) is 12.8 Å². The van der Waals surface area contributed by atoms with E-state index in [2.05, 4.69) is 17.5 Å². The van der Waals surface area contributed by atoms with Crippen molar-refractivity contribution in [3.05, 3.63) is 0 Å². The quantitative estimate of drug-likeness (QED) is 0.499. The van der Waals surface area contributed by atoms with Gasteiger partial charge in [0.1, 0.15) is 0 Å². The summed E-state index contributed by atoms with van der Waals surface area (Å²) in [4.78, 5) is 0. The van der Waals surface area contributed by atoms with Gasteiger partial charge in [-0.2, -0.15) is 0 Å². The van der Waals surface area contributed by atoms with Gasteiger partial charge in [0, 0.05) is 12.6 Å². The van der Waals surface area contributed by atoms with Gasteiger partial charge >= 0.3 is 0 Å². The molecule has 1 saturated heterocycles. The molecule has 0 N–H and O–H groups in total. The van der Waals surface area contributed by atoms with Crippen LogP contribution in [0.5, 0.6) is 0 Å². The summed E-state index contributed by atoms with van der Waals surface area (Å²) in [6, 6.07) is 0.824. The number of nitrogens with zero attached hydrogens (tertiary/aromatic N) is 1. The molecule has 0 aromatic carbocycles. The first kappa shape index (κ1) is 6.43. The van der Waals surface area contributed by atoms with E-state index < -0.39 is 0 Å². The van der Waals surface area contributed by atoms with Crippen LogP contribution in [0.1, 0.15) is 19.8 Å². The Kier molecular flexibility index (Phi) is 2.20. The van der Waals surface area contributed by atoms with Crippen LogP contribution in [0.3, 0.4) is 0 Å². The molecule has 1 aliphatic rings. The van der Waals surface area contributed by atoms with E-state index in [1.165, 1.54) is 19.4 Å². The highest BCUT2D eigenvalue weighted by Crippen LogP contribution is 2.22. The minimum absolute atomic E-state index is 0.824. The first-order valence-electron chi connectivity index (χ1n) is 3.15. The fourth-order valence-corrected chi connectivity index (χ4v) is 1.96. The molecule has 1 rings (SSSR count). The van der Waals surface area contributed by atoms with Gasteiger partial charge in [0.05, 0.1) is 0 Å². The molecule has 8 heavy (non-hydrogen) atoms. The molecule has 1 aliphatic heterocycles. The zero-order valence-corrected chi connectivity index (χ0v) is 6.37. The summed E-state index contributed by atoms with van der Waals surface area (Å²) in [5.41, 5.74) is 0. The van der Waals surface area contributed by atoms with Gasteiger partial charge in [-0.25, -0.2) is 4.31 Å². The average molecular weight is 131 g/mol. The SMILES string of the molecule is CSN1CCC[C@@H]1C. The molecular formula is C6H13NS. The van der Waals surface area contributed by atoms with E-state index in [1.807, 2.05) is 11.9 Å². The molecule has 0 saturated carbocycles. The van der Waals surface area contributed by atoms with E-state index in [4.69, 9.17) is 0 Å². The van der Waals surface area contributed by atoms with E-state index in [-0.39, 0.29) is 0 Å². The molecule has 0 amide bonds. The molecule has 0 unspecified atom stereocenters. The highest BCUT2D eigenvalue weighted by molar-refractivity contribution is 7.96. The Balaban J connectivity index is 2.30. The third-order valence-electron chi connectivity index (χ3n) is 1.73. The summed E-state index contributed by atoms with van der Waals surface area (Å²) < 4.78 is 2.44. The summed E-state index contributed by atoms with van der Waals surface area (Å²) in [5.74, 6) is 0. The normalized spacial score (nSPS) is 31.5. The van der Waals surface area contributed by atoms with Crippen molar-refractivity contribution in [3.63, 3.8) is 0 Å². The Hall–Kier alpha value is 0.310. The van der Waals surface area contributed by atoms with Crippen LogP contribution in [0.4, 0.5) is 0 Å². The second kappa shape index (κ2) is 2.74. The van der Waals surface area contributed by atoms with Gasteiger partial charge < -0.3 is 0 Å². The smallest absolute Gasteiger partial charge is 0.0174 e. The van der Waals surface area contributed by atoms with Crippen LogP contribution in [0.25, 0.3) is 0 Å². The Bertz CT molecular complexity index is 74.9. The van der Waals surface area contributed by atoms with E-state index in [1.54, 1.807) is 0 Å². The molecule has 0 aromatic rings. The molecule has 1 fully saturated rings. The van der Waals surface area contributed by atoms with Gasteiger partial charge in [-0.3, -0.25) is 0 Å². The molecule has 0 radical (unpaired) electrons. The molecule has 1 nitrogen and oxygen atoms in total. The van der Waals surface area contributed by atoms with Crippen molar-refractivity contribution >= 4 is 11.9 Å². The second-order valence-electron chi connectivity index (χ2n) is 2.31. The lowest BCUT2D eigenvalue weighted by molar-refractivity contribution is 0.469. The van der Waals surface area contributed by atoms with Crippen LogP contribution in [-0.2, 0) is 0 Å². The summed E-state index contributed by atoms with van der Waals surface area (Å²) in [6.07, 6.45) is 4.94. The lowest BCUT2D eigenvalue weighted by atomic mass is 10.3. The van der Waals surface area contributed by atoms with E-state index in [0.29, 0.717) is 0 Å². The number of rotatable bonds is 1. The van der Waals surface area contributed by atoms with E-state index >= 15 is 0 Å². The van der Waals surface area contributed by atoms with Crippen molar-refractivity contribution in [2.24, 2.45) is 0 Å². The van der Waals surface area contributed by atoms with E-state index in [9.17, 15) is 0 Å². The lowest BCUT2D eigenvalue weighted by Gasteiger charge is -2.15. The van der Waals surface area contributed by atoms with Crippen LogP contribution in [0.2, 0.25) is 0 Å². The Morgan fingerprint density at radius 1 is 1.62 bits per heavy atom. The molecule has 0 spiro atoms. The Morgan fingerprint density at radius 3 is 2.62 bits per heavy atom. The fourth-order valence-electron chi connectivity index (χ4n) is 1.18. The molecular weight excluding hydrogens is 118 g/mol. The third-order valence-corrected chi connectivity index (χ3v) is 2.74. The topological polar surface area (TPSA) is 3.24 Å². The van der Waals surface area contributed by atoms with Crippen molar-refractivity contribution in [1.82, 2.24) is 4.31 Å². The molecule has 48 valence electrons. The standard InChI is InChI=1S/C6H13NS/c1-6-4-3-5-7(6)8-2/h6H,3-5H2,1-2H3/t6-/m0/s1. The minimum Gasteiger partial charge on any atom is -0.248 e. The Labute approximate surface area is 55.6 Å². The number of hydrogen-bond donors (Lipinski definition) is 0. The third kappa shape index (κ3) is 1.17. The van der Waals surface area contributed by atoms with Gasteiger partial charge in [0.15, 0.2) is 0 Å². The van der Waals surface area contributed by atoms with Gasteiger partial charge in [-0.15, -0.1) is 0 Å². The van der Waals surface area contributed by atoms with Crippen molar-refractivity contribution in [3.8, 4) is 0 Å². The summed E-state index contributed by atoms with van der Waals surface area (Å²) in [7, 11) is 0. The van der Waals surface area contributed by atoms with Gasteiger partial charge in [-0.1, -0.05) is 11.9 Å². The maximum atomic E-state index is 2.44. The van der Waals surface area contributed by atoms with Gasteiger partial charge in [-0.05, 0) is 26.0 Å². The lowest BCUT2D eigenvalue weighted by Crippen LogP contribution is -2.17. The molecule has 1 heterocycles. The van der Waals surface area contributed by atoms with Crippen LogP contribution < -0.4 is 0 Å². The van der Waals surface area contributed by atoms with Crippen LogP contribution in [0, 0.1) is 0 Å². The highest BCUT2D eigenvalue weighted by Gasteiger charge is 2.18. The minimum atomic E-state index is 0.824. The van der Waals surface area contributed by atoms with Crippen molar-refractivity contribution < 1.29 is 0 Å². The van der Waals surface area contributed by atoms with Crippen LogP contribution in [-0.4, -0.2) is 23.1 Å². The molecule has 1 atom stereocenters. The predicted molar refractivity (Wildman–Crippen MR) is 38.9 cm³/mol. The maximum Gasteiger partial charge on any atom is 0.0174 e. The zero-order valence-electron chi connectivity index (χ0n) is 5.55. The average Bonchev–Trinajstić information content (AvgIpc) is 2.14. The summed E-state index contributed by atoms with van der Waals surface area (Å²) in [6.45, 7) is 3.59. The molecule has 0 bridgehead atoms. The zero-order chi connectivity index (χ0) is 5.98. The molecule has 2 heteroatoms. The fraction of sp³-hybridized carbons (Fsp3) is 1.00. The second-order valence-corrected chi connectivity index (χ2v) is 3.15. The monoisotopic (exact) mass is 131 g/mol.